The summed E-state index contributed by atoms with van der Waals surface area (Å²) in [6, 6.07) is 7.58. The van der Waals surface area contributed by atoms with Crippen molar-refractivity contribution in [2.75, 3.05) is 12.3 Å². The number of aromatic nitrogens is 2. The van der Waals surface area contributed by atoms with Crippen LogP contribution in [-0.4, -0.2) is 16.6 Å². The first-order chi connectivity index (χ1) is 8.70. The van der Waals surface area contributed by atoms with Crippen LogP contribution in [0.3, 0.4) is 0 Å². The molecule has 0 unspecified atom stereocenters. The highest BCUT2D eigenvalue weighted by Gasteiger charge is 2.10. The van der Waals surface area contributed by atoms with Crippen LogP contribution in [-0.2, 0) is 0 Å². The van der Waals surface area contributed by atoms with E-state index < -0.39 is 0 Å². The first kappa shape index (κ1) is 12.9. The molecular formula is C12H12IN3O2. The maximum absolute atomic E-state index is 5.87. The standard InChI is InChI=1S/C12H12IN3O2/c1-2-17-11-10(14)12(16-7-15-11)18-9-5-3-8(13)4-6-9/h3-7H,2,14H2,1H3. The molecule has 18 heavy (non-hydrogen) atoms. The Hall–Kier alpha value is -1.57. The van der Waals surface area contributed by atoms with Gasteiger partial charge in [0, 0.05) is 3.57 Å². The lowest BCUT2D eigenvalue weighted by Gasteiger charge is -2.10. The molecule has 0 atom stereocenters. The third kappa shape index (κ3) is 3.00. The number of halogens is 1. The summed E-state index contributed by atoms with van der Waals surface area (Å²) >= 11 is 2.22. The summed E-state index contributed by atoms with van der Waals surface area (Å²) < 4.78 is 12.0. The molecule has 2 aromatic rings. The van der Waals surface area contributed by atoms with Crippen LogP contribution in [0.2, 0.25) is 0 Å². The average Bonchev–Trinajstić information content (AvgIpc) is 2.37. The van der Waals surface area contributed by atoms with E-state index in [9.17, 15) is 0 Å². The van der Waals surface area contributed by atoms with Gasteiger partial charge in [0.2, 0.25) is 11.8 Å². The second-order valence-corrected chi connectivity index (χ2v) is 4.63. The number of nitrogens with two attached hydrogens (primary N) is 1. The third-order valence-corrected chi connectivity index (χ3v) is 2.84. The molecule has 0 aliphatic heterocycles. The van der Waals surface area contributed by atoms with Crippen LogP contribution in [0.15, 0.2) is 30.6 Å². The zero-order valence-electron chi connectivity index (χ0n) is 9.76. The highest BCUT2D eigenvalue weighted by atomic mass is 127. The van der Waals surface area contributed by atoms with Gasteiger partial charge in [0.1, 0.15) is 12.1 Å². The van der Waals surface area contributed by atoms with E-state index in [0.717, 1.165) is 3.57 Å². The molecule has 94 valence electrons. The Morgan fingerprint density at radius 1 is 1.17 bits per heavy atom. The van der Waals surface area contributed by atoms with Crippen molar-refractivity contribution in [3.05, 3.63) is 34.2 Å². The Balaban J connectivity index is 2.23. The van der Waals surface area contributed by atoms with Crippen LogP contribution in [0.4, 0.5) is 5.69 Å². The maximum Gasteiger partial charge on any atom is 0.249 e. The normalized spacial score (nSPS) is 10.1. The molecule has 1 heterocycles. The summed E-state index contributed by atoms with van der Waals surface area (Å²) in [7, 11) is 0. The molecule has 0 saturated heterocycles. The Labute approximate surface area is 118 Å². The topological polar surface area (TPSA) is 70.3 Å². The van der Waals surface area contributed by atoms with E-state index in [4.69, 9.17) is 15.2 Å². The number of ether oxygens (including phenoxy) is 2. The average molecular weight is 357 g/mol. The predicted octanol–water partition coefficient (Wildman–Crippen LogP) is 2.85. The first-order valence-corrected chi connectivity index (χ1v) is 6.45. The largest absolute Gasteiger partial charge is 0.476 e. The van der Waals surface area contributed by atoms with Crippen LogP contribution >= 0.6 is 22.6 Å². The lowest BCUT2D eigenvalue weighted by Crippen LogP contribution is -2.02. The molecule has 0 bridgehead atoms. The lowest BCUT2D eigenvalue weighted by molar-refractivity contribution is 0.325. The van der Waals surface area contributed by atoms with Crippen LogP contribution in [0.1, 0.15) is 6.92 Å². The van der Waals surface area contributed by atoms with Crippen LogP contribution < -0.4 is 15.2 Å². The van der Waals surface area contributed by atoms with E-state index in [1.807, 2.05) is 31.2 Å². The first-order valence-electron chi connectivity index (χ1n) is 5.37. The second kappa shape index (κ2) is 5.85. The van der Waals surface area contributed by atoms with E-state index in [2.05, 4.69) is 32.6 Å². The molecular weight excluding hydrogens is 345 g/mol. The van der Waals surface area contributed by atoms with Gasteiger partial charge in [0.05, 0.1) is 6.61 Å². The van der Waals surface area contributed by atoms with Gasteiger partial charge in [-0.3, -0.25) is 0 Å². The molecule has 2 N–H and O–H groups in total. The minimum atomic E-state index is 0.301. The fourth-order valence-corrected chi connectivity index (χ4v) is 1.67. The van der Waals surface area contributed by atoms with Crippen molar-refractivity contribution in [2.45, 2.75) is 6.92 Å². The monoisotopic (exact) mass is 357 g/mol. The Morgan fingerprint density at radius 2 is 1.83 bits per heavy atom. The number of nitrogens with zero attached hydrogens (tertiary/aromatic N) is 2. The molecule has 1 aromatic heterocycles. The molecule has 0 spiro atoms. The molecule has 6 heteroatoms. The van der Waals surface area contributed by atoms with Crippen molar-refractivity contribution < 1.29 is 9.47 Å². The third-order valence-electron chi connectivity index (χ3n) is 2.12. The summed E-state index contributed by atoms with van der Waals surface area (Å²) in [5.74, 6) is 1.31. The molecule has 0 saturated carbocycles. The highest BCUT2D eigenvalue weighted by Crippen LogP contribution is 2.30. The summed E-state index contributed by atoms with van der Waals surface area (Å²) in [5.41, 5.74) is 6.17. The summed E-state index contributed by atoms with van der Waals surface area (Å²) in [4.78, 5) is 7.94. The van der Waals surface area contributed by atoms with Gasteiger partial charge >= 0.3 is 0 Å². The Bertz CT molecular complexity index is 531. The minimum absolute atomic E-state index is 0.301. The zero-order chi connectivity index (χ0) is 13.0. The van der Waals surface area contributed by atoms with Crippen molar-refractivity contribution in [1.29, 1.82) is 0 Å². The molecule has 2 rings (SSSR count). The number of benzene rings is 1. The quantitative estimate of drug-likeness (QED) is 0.853. The van der Waals surface area contributed by atoms with E-state index >= 15 is 0 Å². The predicted molar refractivity (Wildman–Crippen MR) is 76.8 cm³/mol. The zero-order valence-corrected chi connectivity index (χ0v) is 11.9. The van der Waals surface area contributed by atoms with Crippen LogP contribution in [0.25, 0.3) is 0 Å². The number of hydrogen-bond donors (Lipinski definition) is 1. The Morgan fingerprint density at radius 3 is 2.50 bits per heavy atom. The lowest BCUT2D eigenvalue weighted by atomic mass is 10.3. The van der Waals surface area contributed by atoms with Crippen molar-refractivity contribution in [3.8, 4) is 17.5 Å². The molecule has 0 radical (unpaired) electrons. The van der Waals surface area contributed by atoms with E-state index in [-0.39, 0.29) is 0 Å². The van der Waals surface area contributed by atoms with Crippen molar-refractivity contribution in [1.82, 2.24) is 9.97 Å². The van der Waals surface area contributed by atoms with Crippen LogP contribution in [0, 0.1) is 3.57 Å². The molecule has 0 aliphatic rings. The number of anilines is 1. The molecule has 0 fully saturated rings. The molecule has 5 nitrogen and oxygen atoms in total. The summed E-state index contributed by atoms with van der Waals surface area (Å²) in [5, 5.41) is 0. The fraction of sp³-hybridized carbons (Fsp3) is 0.167. The highest BCUT2D eigenvalue weighted by molar-refractivity contribution is 14.1. The van der Waals surface area contributed by atoms with Crippen molar-refractivity contribution in [3.63, 3.8) is 0 Å². The number of rotatable bonds is 4. The molecule has 1 aromatic carbocycles. The molecule has 0 amide bonds. The van der Waals surface area contributed by atoms with Gasteiger partial charge in [-0.05, 0) is 53.8 Å². The van der Waals surface area contributed by atoms with Gasteiger partial charge in [-0.1, -0.05) is 0 Å². The van der Waals surface area contributed by atoms with Crippen molar-refractivity contribution >= 4 is 28.3 Å². The Kier molecular flexibility index (Phi) is 4.19. The maximum atomic E-state index is 5.87. The van der Waals surface area contributed by atoms with E-state index in [1.54, 1.807) is 0 Å². The summed E-state index contributed by atoms with van der Waals surface area (Å²) in [6.07, 6.45) is 1.36. The van der Waals surface area contributed by atoms with E-state index in [1.165, 1.54) is 6.33 Å². The number of hydrogen-bond acceptors (Lipinski definition) is 5. The smallest absolute Gasteiger partial charge is 0.249 e. The molecule has 0 aliphatic carbocycles. The van der Waals surface area contributed by atoms with Gasteiger partial charge in [0.15, 0.2) is 5.69 Å². The minimum Gasteiger partial charge on any atom is -0.476 e. The second-order valence-electron chi connectivity index (χ2n) is 3.39. The van der Waals surface area contributed by atoms with Gasteiger partial charge < -0.3 is 15.2 Å². The van der Waals surface area contributed by atoms with Gasteiger partial charge in [-0.2, -0.15) is 9.97 Å². The SMILES string of the molecule is CCOc1ncnc(Oc2ccc(I)cc2)c1N. The van der Waals surface area contributed by atoms with Gasteiger partial charge in [-0.25, -0.2) is 0 Å². The van der Waals surface area contributed by atoms with Crippen LogP contribution in [0.5, 0.6) is 17.5 Å². The van der Waals surface area contributed by atoms with Gasteiger partial charge in [-0.15, -0.1) is 0 Å². The fourth-order valence-electron chi connectivity index (χ4n) is 1.31. The number of nitrogen functional groups attached to an aromatic ring is 1. The van der Waals surface area contributed by atoms with E-state index in [0.29, 0.717) is 29.8 Å². The van der Waals surface area contributed by atoms with Gasteiger partial charge in [0.25, 0.3) is 0 Å². The van der Waals surface area contributed by atoms with Crippen molar-refractivity contribution in [2.24, 2.45) is 0 Å². The summed E-state index contributed by atoms with van der Waals surface area (Å²) in [6.45, 7) is 2.35.